The average molecular weight is 267 g/mol. The molecule has 0 spiro atoms. The van der Waals surface area contributed by atoms with Crippen molar-refractivity contribution in [2.75, 3.05) is 52.4 Å². The summed E-state index contributed by atoms with van der Waals surface area (Å²) >= 11 is 0. The quantitative estimate of drug-likeness (QED) is 0.719. The topological polar surface area (TPSA) is 53.1 Å². The predicted molar refractivity (Wildman–Crippen MR) is 68.7 cm³/mol. The van der Waals surface area contributed by atoms with Gasteiger partial charge in [0.05, 0.1) is 6.54 Å². The maximum atomic E-state index is 11.9. The standard InChI is InChI=1S/C13H21N3O3/c17-12(11-1-2-11)15-6-3-14(4-7-15)5-8-16-9-10-19-13(16)18/h11H,1-10H2. The lowest BCUT2D eigenvalue weighted by Gasteiger charge is -2.35. The van der Waals surface area contributed by atoms with Crippen LogP contribution in [0.1, 0.15) is 12.8 Å². The number of hydrogen-bond acceptors (Lipinski definition) is 4. The number of carbonyl (C=O) groups is 2. The first-order chi connectivity index (χ1) is 9.24. The Morgan fingerprint density at radius 1 is 1.11 bits per heavy atom. The summed E-state index contributed by atoms with van der Waals surface area (Å²) < 4.78 is 4.90. The van der Waals surface area contributed by atoms with E-state index in [1.54, 1.807) is 4.90 Å². The number of ether oxygens (including phenoxy) is 1. The fourth-order valence-corrected chi connectivity index (χ4v) is 2.67. The Morgan fingerprint density at radius 3 is 2.42 bits per heavy atom. The van der Waals surface area contributed by atoms with Gasteiger partial charge >= 0.3 is 6.09 Å². The van der Waals surface area contributed by atoms with Crippen LogP contribution in [0.4, 0.5) is 4.79 Å². The summed E-state index contributed by atoms with van der Waals surface area (Å²) in [5.41, 5.74) is 0. The van der Waals surface area contributed by atoms with E-state index in [1.165, 1.54) is 0 Å². The third kappa shape index (κ3) is 3.00. The van der Waals surface area contributed by atoms with Crippen molar-refractivity contribution in [2.24, 2.45) is 5.92 Å². The molecule has 0 aromatic carbocycles. The summed E-state index contributed by atoms with van der Waals surface area (Å²) in [6, 6.07) is 0. The first kappa shape index (κ1) is 12.7. The van der Waals surface area contributed by atoms with Gasteiger partial charge in [0.1, 0.15) is 6.61 Å². The second-order valence-corrected chi connectivity index (χ2v) is 5.54. The van der Waals surface area contributed by atoms with E-state index < -0.39 is 0 Å². The molecule has 19 heavy (non-hydrogen) atoms. The molecule has 2 saturated heterocycles. The molecule has 2 aliphatic heterocycles. The zero-order valence-corrected chi connectivity index (χ0v) is 11.2. The molecule has 6 nitrogen and oxygen atoms in total. The van der Waals surface area contributed by atoms with Crippen LogP contribution < -0.4 is 0 Å². The van der Waals surface area contributed by atoms with Crippen molar-refractivity contribution in [1.82, 2.24) is 14.7 Å². The summed E-state index contributed by atoms with van der Waals surface area (Å²) in [4.78, 5) is 29.3. The van der Waals surface area contributed by atoms with Crippen LogP contribution in [0.5, 0.6) is 0 Å². The minimum atomic E-state index is -0.192. The van der Waals surface area contributed by atoms with Gasteiger partial charge in [0, 0.05) is 45.2 Å². The molecule has 106 valence electrons. The zero-order valence-electron chi connectivity index (χ0n) is 11.2. The molecule has 0 radical (unpaired) electrons. The first-order valence-electron chi connectivity index (χ1n) is 7.17. The molecule has 1 aliphatic carbocycles. The first-order valence-corrected chi connectivity index (χ1v) is 7.17. The van der Waals surface area contributed by atoms with Crippen LogP contribution in [-0.4, -0.2) is 79.1 Å². The minimum absolute atomic E-state index is 0.192. The van der Waals surface area contributed by atoms with Crippen LogP contribution in [0.15, 0.2) is 0 Å². The van der Waals surface area contributed by atoms with Crippen molar-refractivity contribution < 1.29 is 14.3 Å². The SMILES string of the molecule is O=C1OCCN1CCN1CCN(C(=O)C2CC2)CC1. The van der Waals surface area contributed by atoms with Gasteiger partial charge in [0.25, 0.3) is 0 Å². The second kappa shape index (κ2) is 5.36. The summed E-state index contributed by atoms with van der Waals surface area (Å²) in [5.74, 6) is 0.675. The Balaban J connectivity index is 1.38. The fourth-order valence-electron chi connectivity index (χ4n) is 2.67. The molecule has 3 rings (SSSR count). The maximum absolute atomic E-state index is 11.9. The number of piperazine rings is 1. The van der Waals surface area contributed by atoms with Gasteiger partial charge in [0.15, 0.2) is 0 Å². The molecule has 2 amide bonds. The molecular weight excluding hydrogens is 246 g/mol. The number of hydrogen-bond donors (Lipinski definition) is 0. The van der Waals surface area contributed by atoms with Gasteiger partial charge in [-0.2, -0.15) is 0 Å². The molecule has 0 unspecified atom stereocenters. The van der Waals surface area contributed by atoms with Crippen molar-refractivity contribution in [3.8, 4) is 0 Å². The Bertz CT molecular complexity index is 362. The lowest BCUT2D eigenvalue weighted by atomic mass is 10.2. The van der Waals surface area contributed by atoms with E-state index >= 15 is 0 Å². The van der Waals surface area contributed by atoms with Gasteiger partial charge in [-0.05, 0) is 12.8 Å². The zero-order chi connectivity index (χ0) is 13.2. The highest BCUT2D eigenvalue weighted by Gasteiger charge is 2.34. The van der Waals surface area contributed by atoms with E-state index in [0.717, 1.165) is 52.1 Å². The largest absolute Gasteiger partial charge is 0.448 e. The molecule has 3 fully saturated rings. The summed E-state index contributed by atoms with van der Waals surface area (Å²) in [6.07, 6.45) is 1.97. The Labute approximate surface area is 113 Å². The van der Waals surface area contributed by atoms with Crippen LogP contribution >= 0.6 is 0 Å². The number of carbonyl (C=O) groups excluding carboxylic acids is 2. The number of rotatable bonds is 4. The number of nitrogens with zero attached hydrogens (tertiary/aromatic N) is 3. The third-order valence-corrected chi connectivity index (χ3v) is 4.14. The second-order valence-electron chi connectivity index (χ2n) is 5.54. The summed E-state index contributed by atoms with van der Waals surface area (Å²) in [7, 11) is 0. The molecule has 0 N–H and O–H groups in total. The molecule has 1 saturated carbocycles. The maximum Gasteiger partial charge on any atom is 0.409 e. The van der Waals surface area contributed by atoms with Crippen molar-refractivity contribution in [2.45, 2.75) is 12.8 Å². The van der Waals surface area contributed by atoms with Gasteiger partial charge in [-0.1, -0.05) is 0 Å². The predicted octanol–water partition coefficient (Wildman–Crippen LogP) is -0.00720. The van der Waals surface area contributed by atoms with Crippen LogP contribution in [0.2, 0.25) is 0 Å². The van der Waals surface area contributed by atoms with E-state index in [4.69, 9.17) is 4.74 Å². The van der Waals surface area contributed by atoms with Gasteiger partial charge in [-0.25, -0.2) is 4.79 Å². The van der Waals surface area contributed by atoms with Crippen molar-refractivity contribution in [1.29, 1.82) is 0 Å². The smallest absolute Gasteiger partial charge is 0.409 e. The van der Waals surface area contributed by atoms with E-state index in [-0.39, 0.29) is 6.09 Å². The van der Waals surface area contributed by atoms with E-state index in [2.05, 4.69) is 4.90 Å². The Hall–Kier alpha value is -1.30. The lowest BCUT2D eigenvalue weighted by molar-refractivity contribution is -0.134. The Morgan fingerprint density at radius 2 is 1.84 bits per heavy atom. The monoisotopic (exact) mass is 267 g/mol. The molecule has 2 heterocycles. The number of cyclic esters (lactones) is 1. The normalized spacial score (nSPS) is 24.7. The lowest BCUT2D eigenvalue weighted by Crippen LogP contribution is -2.50. The van der Waals surface area contributed by atoms with Crippen LogP contribution in [-0.2, 0) is 9.53 Å². The highest BCUT2D eigenvalue weighted by Crippen LogP contribution is 2.31. The molecule has 0 aromatic rings. The van der Waals surface area contributed by atoms with Crippen LogP contribution in [0, 0.1) is 5.92 Å². The molecule has 6 heteroatoms. The molecule has 3 aliphatic rings. The molecule has 0 atom stereocenters. The van der Waals surface area contributed by atoms with Gasteiger partial charge in [0.2, 0.25) is 5.91 Å². The average Bonchev–Trinajstić information content (AvgIpc) is 3.20. The van der Waals surface area contributed by atoms with Crippen LogP contribution in [0.3, 0.4) is 0 Å². The molecule has 0 aromatic heterocycles. The van der Waals surface area contributed by atoms with Crippen LogP contribution in [0.25, 0.3) is 0 Å². The van der Waals surface area contributed by atoms with E-state index in [0.29, 0.717) is 25.0 Å². The highest BCUT2D eigenvalue weighted by molar-refractivity contribution is 5.81. The van der Waals surface area contributed by atoms with Crippen molar-refractivity contribution >= 4 is 12.0 Å². The third-order valence-electron chi connectivity index (χ3n) is 4.14. The highest BCUT2D eigenvalue weighted by atomic mass is 16.6. The van der Waals surface area contributed by atoms with Gasteiger partial charge < -0.3 is 14.5 Å². The minimum Gasteiger partial charge on any atom is -0.448 e. The van der Waals surface area contributed by atoms with Gasteiger partial charge in [-0.3, -0.25) is 9.69 Å². The molecular formula is C13H21N3O3. The van der Waals surface area contributed by atoms with E-state index in [9.17, 15) is 9.59 Å². The van der Waals surface area contributed by atoms with E-state index in [1.807, 2.05) is 4.90 Å². The van der Waals surface area contributed by atoms with Crippen molar-refractivity contribution in [3.05, 3.63) is 0 Å². The van der Waals surface area contributed by atoms with Crippen molar-refractivity contribution in [3.63, 3.8) is 0 Å². The summed E-state index contributed by atoms with van der Waals surface area (Å²) in [6.45, 7) is 6.33. The number of amides is 2. The fraction of sp³-hybridized carbons (Fsp3) is 0.846. The molecule has 0 bridgehead atoms. The van der Waals surface area contributed by atoms with Gasteiger partial charge in [-0.15, -0.1) is 0 Å². The Kier molecular flexibility index (Phi) is 3.59. The summed E-state index contributed by atoms with van der Waals surface area (Å²) in [5, 5.41) is 0.